The van der Waals surface area contributed by atoms with E-state index in [9.17, 15) is 4.79 Å². The van der Waals surface area contributed by atoms with Gasteiger partial charge in [-0.05, 0) is 18.6 Å². The molecule has 1 aliphatic heterocycles. The van der Waals surface area contributed by atoms with Crippen LogP contribution in [-0.4, -0.2) is 17.8 Å². The van der Waals surface area contributed by atoms with Crippen molar-refractivity contribution < 1.29 is 9.53 Å². The van der Waals surface area contributed by atoms with Crippen molar-refractivity contribution in [3.8, 4) is 0 Å². The summed E-state index contributed by atoms with van der Waals surface area (Å²) in [5, 5.41) is 0.282. The molecule has 0 spiro atoms. The third-order valence-electron chi connectivity index (χ3n) is 2.61. The number of thioether (sulfide) groups is 1. The topological polar surface area (TPSA) is 26.3 Å². The first-order valence-electron chi connectivity index (χ1n) is 5.19. The smallest absolute Gasteiger partial charge is 0.310 e. The van der Waals surface area contributed by atoms with E-state index in [1.807, 2.05) is 25.1 Å². The maximum absolute atomic E-state index is 11.4. The molecule has 1 aliphatic rings. The maximum Gasteiger partial charge on any atom is 0.310 e. The molecule has 80 valence electrons. The first-order chi connectivity index (χ1) is 7.31. The van der Waals surface area contributed by atoms with Crippen LogP contribution in [0.2, 0.25) is 0 Å². The number of hydrogen-bond acceptors (Lipinski definition) is 3. The third kappa shape index (κ3) is 2.34. The van der Waals surface area contributed by atoms with Crippen LogP contribution in [0.25, 0.3) is 0 Å². The van der Waals surface area contributed by atoms with E-state index in [4.69, 9.17) is 4.74 Å². The zero-order chi connectivity index (χ0) is 10.7. The lowest BCUT2D eigenvalue weighted by Crippen LogP contribution is -2.16. The zero-order valence-electron chi connectivity index (χ0n) is 8.68. The van der Waals surface area contributed by atoms with Gasteiger partial charge in [0.1, 0.15) is 6.61 Å². The normalized spacial score (nSPS) is 25.3. The van der Waals surface area contributed by atoms with Crippen LogP contribution in [0.15, 0.2) is 35.2 Å². The molecule has 1 aromatic carbocycles. The second kappa shape index (κ2) is 4.71. The molecule has 2 unspecified atom stereocenters. The summed E-state index contributed by atoms with van der Waals surface area (Å²) < 4.78 is 5.08. The minimum absolute atomic E-state index is 0.0362. The van der Waals surface area contributed by atoms with Crippen LogP contribution in [-0.2, 0) is 9.53 Å². The SMILES string of the molecule is CCC1C(=O)OCC1Sc1ccccc1. The van der Waals surface area contributed by atoms with Gasteiger partial charge in [0, 0.05) is 4.90 Å². The molecule has 1 heterocycles. The molecule has 0 saturated carbocycles. The molecule has 15 heavy (non-hydrogen) atoms. The lowest BCUT2D eigenvalue weighted by Gasteiger charge is -2.12. The molecule has 3 heteroatoms. The average molecular weight is 222 g/mol. The van der Waals surface area contributed by atoms with Crippen molar-refractivity contribution in [2.45, 2.75) is 23.5 Å². The summed E-state index contributed by atoms with van der Waals surface area (Å²) in [5.74, 6) is 0.0288. The molecular weight excluding hydrogens is 208 g/mol. The van der Waals surface area contributed by atoms with E-state index < -0.39 is 0 Å². The van der Waals surface area contributed by atoms with Crippen molar-refractivity contribution >= 4 is 17.7 Å². The predicted molar refractivity (Wildman–Crippen MR) is 60.8 cm³/mol. The van der Waals surface area contributed by atoms with Gasteiger partial charge in [-0.2, -0.15) is 0 Å². The van der Waals surface area contributed by atoms with Crippen LogP contribution in [0.4, 0.5) is 0 Å². The zero-order valence-corrected chi connectivity index (χ0v) is 9.50. The highest BCUT2D eigenvalue weighted by Gasteiger charge is 2.35. The first kappa shape index (κ1) is 10.6. The molecular formula is C12H14O2S. The average Bonchev–Trinajstić information content (AvgIpc) is 2.61. The van der Waals surface area contributed by atoms with Crippen LogP contribution in [0.5, 0.6) is 0 Å². The standard InChI is InChI=1S/C12H14O2S/c1-2-10-11(8-14-12(10)13)15-9-6-4-3-5-7-9/h3-7,10-11H,2,8H2,1H3. The quantitative estimate of drug-likeness (QED) is 0.736. The summed E-state index contributed by atoms with van der Waals surface area (Å²) in [6.07, 6.45) is 0.864. The Morgan fingerprint density at radius 2 is 2.13 bits per heavy atom. The van der Waals surface area contributed by atoms with Gasteiger partial charge in [0.15, 0.2) is 0 Å². The van der Waals surface area contributed by atoms with Gasteiger partial charge in [-0.3, -0.25) is 4.79 Å². The third-order valence-corrected chi connectivity index (χ3v) is 3.92. The summed E-state index contributed by atoms with van der Waals surface area (Å²) in [5.41, 5.74) is 0. The number of esters is 1. The van der Waals surface area contributed by atoms with Gasteiger partial charge >= 0.3 is 5.97 Å². The van der Waals surface area contributed by atoms with Crippen LogP contribution < -0.4 is 0 Å². The monoisotopic (exact) mass is 222 g/mol. The maximum atomic E-state index is 11.4. The molecule has 2 nitrogen and oxygen atoms in total. The molecule has 0 aliphatic carbocycles. The van der Waals surface area contributed by atoms with E-state index in [1.54, 1.807) is 11.8 Å². The van der Waals surface area contributed by atoms with E-state index in [0.29, 0.717) is 6.61 Å². The van der Waals surface area contributed by atoms with Crippen molar-refractivity contribution in [3.63, 3.8) is 0 Å². The molecule has 0 bridgehead atoms. The fourth-order valence-corrected chi connectivity index (χ4v) is 3.03. The number of cyclic esters (lactones) is 1. The van der Waals surface area contributed by atoms with Crippen molar-refractivity contribution in [2.24, 2.45) is 5.92 Å². The van der Waals surface area contributed by atoms with Crippen LogP contribution in [0.3, 0.4) is 0 Å². The molecule has 1 aromatic rings. The fourth-order valence-electron chi connectivity index (χ4n) is 1.76. The Balaban J connectivity index is 2.04. The molecule has 0 radical (unpaired) electrons. The van der Waals surface area contributed by atoms with Gasteiger partial charge in [-0.1, -0.05) is 25.1 Å². The number of hydrogen-bond donors (Lipinski definition) is 0. The molecule has 1 saturated heterocycles. The Morgan fingerprint density at radius 1 is 1.40 bits per heavy atom. The van der Waals surface area contributed by atoms with E-state index in [2.05, 4.69) is 12.1 Å². The minimum atomic E-state index is -0.0362. The molecule has 2 rings (SSSR count). The number of carbonyl (C=O) groups is 1. The minimum Gasteiger partial charge on any atom is -0.464 e. The molecule has 0 aromatic heterocycles. The highest BCUT2D eigenvalue weighted by Crippen LogP contribution is 2.34. The Morgan fingerprint density at radius 3 is 2.80 bits per heavy atom. The van der Waals surface area contributed by atoms with Crippen molar-refractivity contribution in [1.29, 1.82) is 0 Å². The van der Waals surface area contributed by atoms with Gasteiger partial charge in [-0.25, -0.2) is 0 Å². The van der Waals surface area contributed by atoms with Gasteiger partial charge in [0.05, 0.1) is 11.2 Å². The number of ether oxygens (including phenoxy) is 1. The Bertz CT molecular complexity index is 337. The summed E-state index contributed by atoms with van der Waals surface area (Å²) in [6, 6.07) is 10.2. The number of rotatable bonds is 3. The Labute approximate surface area is 94.0 Å². The van der Waals surface area contributed by atoms with Crippen molar-refractivity contribution in [3.05, 3.63) is 30.3 Å². The highest BCUT2D eigenvalue weighted by atomic mass is 32.2. The van der Waals surface area contributed by atoms with Crippen LogP contribution >= 0.6 is 11.8 Å². The molecule has 2 atom stereocenters. The lowest BCUT2D eigenvalue weighted by atomic mass is 10.1. The lowest BCUT2D eigenvalue weighted by molar-refractivity contribution is -0.141. The van der Waals surface area contributed by atoms with E-state index in [0.717, 1.165) is 6.42 Å². The number of carbonyl (C=O) groups excluding carboxylic acids is 1. The van der Waals surface area contributed by atoms with Gasteiger partial charge in [0.2, 0.25) is 0 Å². The second-order valence-corrected chi connectivity index (χ2v) is 4.93. The summed E-state index contributed by atoms with van der Waals surface area (Å²) in [4.78, 5) is 12.6. The van der Waals surface area contributed by atoms with E-state index >= 15 is 0 Å². The van der Waals surface area contributed by atoms with Crippen LogP contribution in [0.1, 0.15) is 13.3 Å². The van der Waals surface area contributed by atoms with Gasteiger partial charge < -0.3 is 4.74 Å². The Hall–Kier alpha value is -0.960. The largest absolute Gasteiger partial charge is 0.464 e. The van der Waals surface area contributed by atoms with Crippen molar-refractivity contribution in [1.82, 2.24) is 0 Å². The molecule has 1 fully saturated rings. The molecule has 0 amide bonds. The molecule has 0 N–H and O–H groups in total. The van der Waals surface area contributed by atoms with Crippen molar-refractivity contribution in [2.75, 3.05) is 6.61 Å². The summed E-state index contributed by atoms with van der Waals surface area (Å²) in [6.45, 7) is 2.59. The predicted octanol–water partition coefficient (Wildman–Crippen LogP) is 2.73. The van der Waals surface area contributed by atoms with Gasteiger partial charge in [0.25, 0.3) is 0 Å². The van der Waals surface area contributed by atoms with Gasteiger partial charge in [-0.15, -0.1) is 11.8 Å². The van der Waals surface area contributed by atoms with E-state index in [1.165, 1.54) is 4.90 Å². The fraction of sp³-hybridized carbons (Fsp3) is 0.417. The second-order valence-electron chi connectivity index (χ2n) is 3.61. The summed E-state index contributed by atoms with van der Waals surface area (Å²) in [7, 11) is 0. The first-order valence-corrected chi connectivity index (χ1v) is 6.07. The highest BCUT2D eigenvalue weighted by molar-refractivity contribution is 8.00. The number of benzene rings is 1. The van der Waals surface area contributed by atoms with E-state index in [-0.39, 0.29) is 17.1 Å². The summed E-state index contributed by atoms with van der Waals surface area (Å²) >= 11 is 1.74. The Kier molecular flexibility index (Phi) is 3.31. The van der Waals surface area contributed by atoms with Crippen LogP contribution in [0, 0.1) is 5.92 Å².